The summed E-state index contributed by atoms with van der Waals surface area (Å²) in [6.07, 6.45) is -1.02. The second kappa shape index (κ2) is 8.04. The SMILES string of the molecule is COc1ccc(NC(=O)[C@@H](C)OC(=O)c2cc3ccc(F)cc3nc2C)cc1. The molecule has 0 spiro atoms. The number of amides is 1. The zero-order valence-electron chi connectivity index (χ0n) is 15.7. The van der Waals surface area contributed by atoms with E-state index in [1.165, 1.54) is 25.1 Å². The van der Waals surface area contributed by atoms with Crippen molar-refractivity contribution < 1.29 is 23.5 Å². The molecule has 7 heteroatoms. The number of hydrogen-bond donors (Lipinski definition) is 1. The molecule has 1 amide bonds. The van der Waals surface area contributed by atoms with Crippen LogP contribution >= 0.6 is 0 Å². The molecular weight excluding hydrogens is 363 g/mol. The first-order valence-electron chi connectivity index (χ1n) is 8.60. The molecule has 0 aliphatic rings. The Hall–Kier alpha value is -3.48. The summed E-state index contributed by atoms with van der Waals surface area (Å²) in [6.45, 7) is 3.11. The summed E-state index contributed by atoms with van der Waals surface area (Å²) < 4.78 is 23.7. The van der Waals surface area contributed by atoms with Crippen molar-refractivity contribution in [1.82, 2.24) is 4.98 Å². The van der Waals surface area contributed by atoms with E-state index in [4.69, 9.17) is 9.47 Å². The average Bonchev–Trinajstić information content (AvgIpc) is 2.67. The van der Waals surface area contributed by atoms with Crippen LogP contribution in [0.25, 0.3) is 10.9 Å². The Morgan fingerprint density at radius 2 is 1.82 bits per heavy atom. The molecule has 0 saturated heterocycles. The number of hydrogen-bond acceptors (Lipinski definition) is 5. The summed E-state index contributed by atoms with van der Waals surface area (Å²) in [5.74, 6) is -0.879. The van der Waals surface area contributed by atoms with Gasteiger partial charge in [0.25, 0.3) is 5.91 Å². The fourth-order valence-corrected chi connectivity index (χ4v) is 2.64. The molecule has 2 aromatic carbocycles. The Kier molecular flexibility index (Phi) is 5.54. The van der Waals surface area contributed by atoms with Gasteiger partial charge in [0.1, 0.15) is 11.6 Å². The lowest BCUT2D eigenvalue weighted by Gasteiger charge is -2.15. The van der Waals surface area contributed by atoms with Gasteiger partial charge in [-0.2, -0.15) is 0 Å². The highest BCUT2D eigenvalue weighted by Gasteiger charge is 2.21. The van der Waals surface area contributed by atoms with E-state index >= 15 is 0 Å². The zero-order chi connectivity index (χ0) is 20.3. The van der Waals surface area contributed by atoms with E-state index in [2.05, 4.69) is 10.3 Å². The number of nitrogens with one attached hydrogen (secondary N) is 1. The van der Waals surface area contributed by atoms with Crippen LogP contribution in [0, 0.1) is 12.7 Å². The Bertz CT molecular complexity index is 1030. The molecular formula is C21H19FN2O4. The molecule has 28 heavy (non-hydrogen) atoms. The minimum Gasteiger partial charge on any atom is -0.497 e. The third-order valence-electron chi connectivity index (χ3n) is 4.20. The van der Waals surface area contributed by atoms with Crippen molar-refractivity contribution in [3.8, 4) is 5.75 Å². The number of aryl methyl sites for hydroxylation is 1. The van der Waals surface area contributed by atoms with Gasteiger partial charge in [-0.3, -0.25) is 9.78 Å². The van der Waals surface area contributed by atoms with Crippen molar-refractivity contribution in [2.24, 2.45) is 0 Å². The number of nitrogens with zero attached hydrogens (tertiary/aromatic N) is 1. The number of fused-ring (bicyclic) bond motifs is 1. The molecule has 0 bridgehead atoms. The number of rotatable bonds is 5. The quantitative estimate of drug-likeness (QED) is 0.678. The third-order valence-corrected chi connectivity index (χ3v) is 4.20. The number of carbonyl (C=O) groups excluding carboxylic acids is 2. The second-order valence-corrected chi connectivity index (χ2v) is 6.22. The molecule has 1 heterocycles. The first-order valence-corrected chi connectivity index (χ1v) is 8.60. The number of benzene rings is 2. The van der Waals surface area contributed by atoms with Crippen LogP contribution in [0.15, 0.2) is 48.5 Å². The minimum atomic E-state index is -1.02. The molecule has 0 radical (unpaired) electrons. The molecule has 144 valence electrons. The molecule has 1 aromatic heterocycles. The van der Waals surface area contributed by atoms with E-state index < -0.39 is 23.8 Å². The van der Waals surface area contributed by atoms with Crippen LogP contribution in [-0.4, -0.2) is 30.1 Å². The van der Waals surface area contributed by atoms with Crippen molar-refractivity contribution in [1.29, 1.82) is 0 Å². The number of ether oxygens (including phenoxy) is 2. The summed E-state index contributed by atoms with van der Waals surface area (Å²) in [5, 5.41) is 3.28. The molecule has 0 unspecified atom stereocenters. The van der Waals surface area contributed by atoms with Gasteiger partial charge in [-0.15, -0.1) is 0 Å². The Morgan fingerprint density at radius 3 is 2.50 bits per heavy atom. The van der Waals surface area contributed by atoms with Gasteiger partial charge in [0.05, 0.1) is 23.9 Å². The van der Waals surface area contributed by atoms with Crippen LogP contribution in [-0.2, 0) is 9.53 Å². The number of pyridine rings is 1. The van der Waals surface area contributed by atoms with Gasteiger partial charge in [0.2, 0.25) is 0 Å². The van der Waals surface area contributed by atoms with Gasteiger partial charge in [-0.25, -0.2) is 9.18 Å². The van der Waals surface area contributed by atoms with Crippen molar-refractivity contribution in [3.63, 3.8) is 0 Å². The molecule has 0 aliphatic carbocycles. The van der Waals surface area contributed by atoms with Gasteiger partial charge in [0.15, 0.2) is 6.10 Å². The maximum atomic E-state index is 13.3. The number of anilines is 1. The fraction of sp³-hybridized carbons (Fsp3) is 0.190. The van der Waals surface area contributed by atoms with Gasteiger partial charge >= 0.3 is 5.97 Å². The maximum absolute atomic E-state index is 13.3. The molecule has 1 atom stereocenters. The summed E-state index contributed by atoms with van der Waals surface area (Å²) in [6, 6.07) is 12.5. The normalized spacial score (nSPS) is 11.7. The smallest absolute Gasteiger partial charge is 0.340 e. The van der Waals surface area contributed by atoms with Gasteiger partial charge < -0.3 is 14.8 Å². The van der Waals surface area contributed by atoms with Crippen LogP contribution < -0.4 is 10.1 Å². The van der Waals surface area contributed by atoms with Gasteiger partial charge in [-0.05, 0) is 56.3 Å². The minimum absolute atomic E-state index is 0.225. The zero-order valence-corrected chi connectivity index (χ0v) is 15.7. The largest absolute Gasteiger partial charge is 0.497 e. The molecule has 0 aliphatic heterocycles. The summed E-state index contributed by atoms with van der Waals surface area (Å²) in [4.78, 5) is 29.0. The highest BCUT2D eigenvalue weighted by atomic mass is 19.1. The first-order chi connectivity index (χ1) is 13.4. The fourth-order valence-electron chi connectivity index (χ4n) is 2.64. The second-order valence-electron chi connectivity index (χ2n) is 6.22. The summed E-state index contributed by atoms with van der Waals surface area (Å²) in [7, 11) is 1.55. The molecule has 3 aromatic rings. The van der Waals surface area contributed by atoms with E-state index in [-0.39, 0.29) is 5.56 Å². The van der Waals surface area contributed by atoms with E-state index in [0.717, 1.165) is 0 Å². The number of carbonyl (C=O) groups is 2. The Morgan fingerprint density at radius 1 is 1.11 bits per heavy atom. The average molecular weight is 382 g/mol. The van der Waals surface area contributed by atoms with Gasteiger partial charge in [0, 0.05) is 17.1 Å². The number of esters is 1. The first kappa shape index (κ1) is 19.3. The van der Waals surface area contributed by atoms with E-state index in [1.54, 1.807) is 44.4 Å². The molecule has 0 saturated carbocycles. The molecule has 6 nitrogen and oxygen atoms in total. The summed E-state index contributed by atoms with van der Waals surface area (Å²) in [5.41, 5.74) is 1.62. The van der Waals surface area contributed by atoms with Crippen LogP contribution in [0.3, 0.4) is 0 Å². The Labute approximate surface area is 161 Å². The lowest BCUT2D eigenvalue weighted by molar-refractivity contribution is -0.123. The summed E-state index contributed by atoms with van der Waals surface area (Å²) >= 11 is 0. The van der Waals surface area contributed by atoms with Crippen molar-refractivity contribution in [3.05, 3.63) is 65.6 Å². The predicted octanol–water partition coefficient (Wildman–Crippen LogP) is 3.87. The van der Waals surface area contributed by atoms with Crippen LogP contribution in [0.1, 0.15) is 23.0 Å². The van der Waals surface area contributed by atoms with Crippen LogP contribution in [0.5, 0.6) is 5.75 Å². The molecule has 3 rings (SSSR count). The highest BCUT2D eigenvalue weighted by molar-refractivity contribution is 5.99. The third kappa shape index (κ3) is 4.25. The van der Waals surface area contributed by atoms with E-state index in [9.17, 15) is 14.0 Å². The van der Waals surface area contributed by atoms with E-state index in [0.29, 0.717) is 28.0 Å². The van der Waals surface area contributed by atoms with Crippen LogP contribution in [0.2, 0.25) is 0 Å². The van der Waals surface area contributed by atoms with Crippen LogP contribution in [0.4, 0.5) is 10.1 Å². The van der Waals surface area contributed by atoms with Crippen molar-refractivity contribution >= 4 is 28.5 Å². The lowest BCUT2D eigenvalue weighted by atomic mass is 10.1. The number of methoxy groups -OCH3 is 1. The predicted molar refractivity (Wildman–Crippen MR) is 103 cm³/mol. The van der Waals surface area contributed by atoms with Crippen molar-refractivity contribution in [2.75, 3.05) is 12.4 Å². The van der Waals surface area contributed by atoms with Crippen molar-refractivity contribution in [2.45, 2.75) is 20.0 Å². The Balaban J connectivity index is 1.70. The maximum Gasteiger partial charge on any atom is 0.340 e. The number of aromatic nitrogens is 1. The highest BCUT2D eigenvalue weighted by Crippen LogP contribution is 2.19. The monoisotopic (exact) mass is 382 g/mol. The van der Waals surface area contributed by atoms with E-state index in [1.807, 2.05) is 0 Å². The lowest BCUT2D eigenvalue weighted by Crippen LogP contribution is -2.30. The van der Waals surface area contributed by atoms with Gasteiger partial charge in [-0.1, -0.05) is 0 Å². The standard InChI is InChI=1S/C21H19FN2O4/c1-12-18(10-14-4-5-15(22)11-19(14)23-12)21(26)28-13(2)20(25)24-16-6-8-17(27-3)9-7-16/h4-11,13H,1-3H3,(H,24,25)/t13-/m1/s1. The topological polar surface area (TPSA) is 77.5 Å². The molecule has 0 fully saturated rings. The molecule has 1 N–H and O–H groups in total. The number of halogens is 1.